The molecule has 0 bridgehead atoms. The summed E-state index contributed by atoms with van der Waals surface area (Å²) in [6.45, 7) is 2.10. The number of benzene rings is 1. The van der Waals surface area contributed by atoms with Crippen LogP contribution in [-0.2, 0) is 4.74 Å². The summed E-state index contributed by atoms with van der Waals surface area (Å²) in [5.41, 5.74) is 0.205. The molecule has 1 saturated heterocycles. The van der Waals surface area contributed by atoms with E-state index in [0.29, 0.717) is 19.1 Å². The lowest BCUT2D eigenvalue weighted by atomic mass is 10.0. The van der Waals surface area contributed by atoms with E-state index in [0.717, 1.165) is 25.5 Å². The Morgan fingerprint density at radius 1 is 1.35 bits per heavy atom. The van der Waals surface area contributed by atoms with Gasteiger partial charge in [-0.05, 0) is 40.8 Å². The van der Waals surface area contributed by atoms with Crippen molar-refractivity contribution < 1.29 is 13.5 Å². The molecule has 1 N–H and O–H groups in total. The van der Waals surface area contributed by atoms with Crippen LogP contribution in [0.5, 0.6) is 0 Å². The van der Waals surface area contributed by atoms with Gasteiger partial charge in [0.25, 0.3) is 0 Å². The van der Waals surface area contributed by atoms with Gasteiger partial charge in [0, 0.05) is 19.2 Å². The Labute approximate surface area is 107 Å². The van der Waals surface area contributed by atoms with E-state index in [1.807, 2.05) is 0 Å². The first-order chi connectivity index (χ1) is 8.16. The van der Waals surface area contributed by atoms with Crippen molar-refractivity contribution in [2.45, 2.75) is 12.8 Å². The van der Waals surface area contributed by atoms with E-state index in [1.165, 1.54) is 6.07 Å². The monoisotopic (exact) mass is 305 g/mol. The molecule has 94 valence electrons. The van der Waals surface area contributed by atoms with E-state index in [9.17, 15) is 8.78 Å². The highest BCUT2D eigenvalue weighted by Crippen LogP contribution is 2.24. The summed E-state index contributed by atoms with van der Waals surface area (Å²) < 4.78 is 32.2. The van der Waals surface area contributed by atoms with E-state index in [1.54, 1.807) is 0 Å². The zero-order valence-electron chi connectivity index (χ0n) is 9.31. The number of ether oxygens (including phenoxy) is 1. The van der Waals surface area contributed by atoms with E-state index in [-0.39, 0.29) is 10.2 Å². The third kappa shape index (κ3) is 3.39. The molecule has 0 radical (unpaired) electrons. The lowest BCUT2D eigenvalue weighted by molar-refractivity contribution is 0.0595. The Morgan fingerprint density at radius 2 is 2.18 bits per heavy atom. The Morgan fingerprint density at radius 3 is 2.88 bits per heavy atom. The Bertz CT molecular complexity index is 394. The van der Waals surface area contributed by atoms with E-state index >= 15 is 0 Å². The average Bonchev–Trinajstić information content (AvgIpc) is 2.33. The Balaban J connectivity index is 1.96. The maximum atomic E-state index is 13.5. The van der Waals surface area contributed by atoms with Crippen LogP contribution in [0, 0.1) is 17.6 Å². The largest absolute Gasteiger partial charge is 0.382 e. The molecule has 5 heteroatoms. The molecule has 0 aromatic heterocycles. The molecule has 0 amide bonds. The number of nitrogens with one attached hydrogen (secondary N) is 1. The van der Waals surface area contributed by atoms with Gasteiger partial charge >= 0.3 is 0 Å². The molecule has 1 aromatic rings. The molecule has 0 saturated carbocycles. The van der Waals surface area contributed by atoms with Crippen molar-refractivity contribution >= 4 is 21.6 Å². The smallest absolute Gasteiger partial charge is 0.147 e. The molecule has 1 heterocycles. The lowest BCUT2D eigenvalue weighted by Crippen LogP contribution is -2.24. The molecular weight excluding hydrogens is 292 g/mol. The second-order valence-electron chi connectivity index (χ2n) is 4.21. The molecular formula is C12H14BrF2NO. The number of hydrogen-bond donors (Lipinski definition) is 1. The van der Waals surface area contributed by atoms with Crippen molar-refractivity contribution in [1.29, 1.82) is 0 Å². The molecule has 2 nitrogen and oxygen atoms in total. The summed E-state index contributed by atoms with van der Waals surface area (Å²) >= 11 is 2.95. The molecule has 1 unspecified atom stereocenters. The van der Waals surface area contributed by atoms with Crippen LogP contribution < -0.4 is 5.32 Å². The number of rotatable bonds is 3. The quantitative estimate of drug-likeness (QED) is 0.862. The minimum absolute atomic E-state index is 0.140. The van der Waals surface area contributed by atoms with Gasteiger partial charge < -0.3 is 10.1 Å². The maximum absolute atomic E-state index is 13.5. The summed E-state index contributed by atoms with van der Waals surface area (Å²) in [6, 6.07) is 2.30. The average molecular weight is 306 g/mol. The van der Waals surface area contributed by atoms with Gasteiger partial charge in [0.2, 0.25) is 0 Å². The summed E-state index contributed by atoms with van der Waals surface area (Å²) in [5.74, 6) is -0.543. The van der Waals surface area contributed by atoms with Gasteiger partial charge in [-0.2, -0.15) is 0 Å². The van der Waals surface area contributed by atoms with Crippen LogP contribution in [0.4, 0.5) is 14.5 Å². The first-order valence-electron chi connectivity index (χ1n) is 5.63. The van der Waals surface area contributed by atoms with E-state index in [4.69, 9.17) is 4.74 Å². The first-order valence-corrected chi connectivity index (χ1v) is 6.42. The SMILES string of the molecule is Fc1cc(NCC2CCCOC2)c(F)cc1Br. The van der Waals surface area contributed by atoms with Crippen LogP contribution in [0.3, 0.4) is 0 Å². The second-order valence-corrected chi connectivity index (χ2v) is 5.06. The van der Waals surface area contributed by atoms with Crippen LogP contribution >= 0.6 is 15.9 Å². The molecule has 0 aliphatic carbocycles. The maximum Gasteiger partial charge on any atom is 0.147 e. The molecule has 17 heavy (non-hydrogen) atoms. The summed E-state index contributed by atoms with van der Waals surface area (Å²) in [4.78, 5) is 0. The fourth-order valence-corrected chi connectivity index (χ4v) is 2.20. The van der Waals surface area contributed by atoms with E-state index in [2.05, 4.69) is 21.2 Å². The highest BCUT2D eigenvalue weighted by atomic mass is 79.9. The highest BCUT2D eigenvalue weighted by Gasteiger charge is 2.15. The third-order valence-electron chi connectivity index (χ3n) is 2.85. The van der Waals surface area contributed by atoms with Crippen molar-refractivity contribution in [3.8, 4) is 0 Å². The van der Waals surface area contributed by atoms with Crippen molar-refractivity contribution in [3.63, 3.8) is 0 Å². The molecule has 0 spiro atoms. The standard InChI is InChI=1S/C12H14BrF2NO/c13-9-4-11(15)12(5-10(9)14)16-6-8-2-1-3-17-7-8/h4-5,8,16H,1-3,6-7H2. The molecule has 2 rings (SSSR count). The highest BCUT2D eigenvalue weighted by molar-refractivity contribution is 9.10. The van der Waals surface area contributed by atoms with Gasteiger partial charge in [0.1, 0.15) is 11.6 Å². The normalized spacial score (nSPS) is 20.3. The van der Waals surface area contributed by atoms with Crippen molar-refractivity contribution in [3.05, 3.63) is 28.2 Å². The Hall–Kier alpha value is -0.680. The number of halogens is 3. The van der Waals surface area contributed by atoms with Gasteiger partial charge in [0.05, 0.1) is 16.8 Å². The minimum Gasteiger partial charge on any atom is -0.382 e. The topological polar surface area (TPSA) is 21.3 Å². The molecule has 1 aromatic carbocycles. The predicted octanol–water partition coefficient (Wildman–Crippen LogP) is 3.57. The molecule has 1 atom stereocenters. The third-order valence-corrected chi connectivity index (χ3v) is 3.45. The fourth-order valence-electron chi connectivity index (χ4n) is 1.88. The van der Waals surface area contributed by atoms with Crippen LogP contribution in [0.2, 0.25) is 0 Å². The number of anilines is 1. The van der Waals surface area contributed by atoms with Crippen LogP contribution in [0.25, 0.3) is 0 Å². The summed E-state index contributed by atoms with van der Waals surface area (Å²) in [7, 11) is 0. The lowest BCUT2D eigenvalue weighted by Gasteiger charge is -2.22. The minimum atomic E-state index is -0.464. The van der Waals surface area contributed by atoms with Crippen molar-refractivity contribution in [1.82, 2.24) is 0 Å². The Kier molecular flexibility index (Phi) is 4.34. The molecule has 1 fully saturated rings. The van der Waals surface area contributed by atoms with Crippen LogP contribution in [0.15, 0.2) is 16.6 Å². The van der Waals surface area contributed by atoms with Crippen LogP contribution in [0.1, 0.15) is 12.8 Å². The van der Waals surface area contributed by atoms with Gasteiger partial charge in [-0.3, -0.25) is 0 Å². The zero-order valence-corrected chi connectivity index (χ0v) is 10.9. The summed E-state index contributed by atoms with van der Waals surface area (Å²) in [6.07, 6.45) is 2.09. The first kappa shape index (κ1) is 12.8. The van der Waals surface area contributed by atoms with Crippen LogP contribution in [-0.4, -0.2) is 19.8 Å². The van der Waals surface area contributed by atoms with Gasteiger partial charge in [0.15, 0.2) is 0 Å². The zero-order chi connectivity index (χ0) is 12.3. The molecule has 1 aliphatic rings. The van der Waals surface area contributed by atoms with Crippen molar-refractivity contribution in [2.75, 3.05) is 25.1 Å². The molecule has 1 aliphatic heterocycles. The predicted molar refractivity (Wildman–Crippen MR) is 66.1 cm³/mol. The van der Waals surface area contributed by atoms with Gasteiger partial charge in [-0.1, -0.05) is 0 Å². The van der Waals surface area contributed by atoms with Gasteiger partial charge in [-0.25, -0.2) is 8.78 Å². The second kappa shape index (κ2) is 5.78. The fraction of sp³-hybridized carbons (Fsp3) is 0.500. The number of hydrogen-bond acceptors (Lipinski definition) is 2. The van der Waals surface area contributed by atoms with Gasteiger partial charge in [-0.15, -0.1) is 0 Å². The van der Waals surface area contributed by atoms with Crippen molar-refractivity contribution in [2.24, 2.45) is 5.92 Å². The summed E-state index contributed by atoms with van der Waals surface area (Å²) in [5, 5.41) is 2.93. The van der Waals surface area contributed by atoms with E-state index < -0.39 is 11.6 Å².